The van der Waals surface area contributed by atoms with Crippen molar-refractivity contribution in [2.24, 2.45) is 0 Å². The van der Waals surface area contributed by atoms with Gasteiger partial charge >= 0.3 is 0 Å². The van der Waals surface area contributed by atoms with Crippen LogP contribution >= 0.6 is 11.6 Å². The second-order valence-electron chi connectivity index (χ2n) is 6.72. The second kappa shape index (κ2) is 7.44. The quantitative estimate of drug-likeness (QED) is 0.713. The minimum atomic E-state index is -0.0339. The van der Waals surface area contributed by atoms with Crippen LogP contribution in [0.2, 0.25) is 5.15 Å². The van der Waals surface area contributed by atoms with Crippen molar-refractivity contribution in [2.45, 2.75) is 19.0 Å². The highest BCUT2D eigenvalue weighted by atomic mass is 35.5. The van der Waals surface area contributed by atoms with Crippen LogP contribution in [0.5, 0.6) is 0 Å². The van der Waals surface area contributed by atoms with Crippen molar-refractivity contribution >= 4 is 28.4 Å². The van der Waals surface area contributed by atoms with Crippen molar-refractivity contribution in [3.05, 3.63) is 76.9 Å². The lowest BCUT2D eigenvalue weighted by Crippen LogP contribution is -2.36. The molecule has 0 aliphatic carbocycles. The molecule has 1 amide bonds. The van der Waals surface area contributed by atoms with Crippen molar-refractivity contribution in [3.63, 3.8) is 0 Å². The number of hydrogen-bond acceptors (Lipinski definition) is 3. The molecule has 5 heteroatoms. The monoisotopic (exact) mass is 365 g/mol. The van der Waals surface area contributed by atoms with Crippen LogP contribution in [0.1, 0.15) is 22.3 Å². The van der Waals surface area contributed by atoms with Gasteiger partial charge in [-0.2, -0.15) is 0 Å². The lowest BCUT2D eigenvalue weighted by molar-refractivity contribution is 0.0938. The number of carbonyl (C=O) groups is 1. The third kappa shape index (κ3) is 3.87. The van der Waals surface area contributed by atoms with Crippen molar-refractivity contribution in [3.8, 4) is 0 Å². The van der Waals surface area contributed by atoms with Crippen LogP contribution in [-0.2, 0) is 6.54 Å². The number of amides is 1. The smallest absolute Gasteiger partial charge is 0.251 e. The summed E-state index contributed by atoms with van der Waals surface area (Å²) >= 11 is 5.91. The van der Waals surface area contributed by atoms with Gasteiger partial charge < -0.3 is 5.32 Å². The fourth-order valence-corrected chi connectivity index (χ4v) is 3.60. The maximum Gasteiger partial charge on any atom is 0.251 e. The molecule has 1 aliphatic rings. The third-order valence-electron chi connectivity index (χ3n) is 4.77. The zero-order valence-corrected chi connectivity index (χ0v) is 15.1. The van der Waals surface area contributed by atoms with Crippen LogP contribution in [0.3, 0.4) is 0 Å². The average molecular weight is 366 g/mol. The Labute approximate surface area is 157 Å². The lowest BCUT2D eigenvalue weighted by atomic mass is 10.1. The van der Waals surface area contributed by atoms with Gasteiger partial charge in [-0.15, -0.1) is 0 Å². The van der Waals surface area contributed by atoms with E-state index in [2.05, 4.69) is 39.5 Å². The number of carbonyl (C=O) groups excluding carboxylic acids is 1. The van der Waals surface area contributed by atoms with Crippen LogP contribution in [0.4, 0.5) is 0 Å². The first-order chi connectivity index (χ1) is 12.7. The molecule has 26 heavy (non-hydrogen) atoms. The molecule has 0 spiro atoms. The van der Waals surface area contributed by atoms with Crippen LogP contribution in [-0.4, -0.2) is 34.9 Å². The van der Waals surface area contributed by atoms with E-state index in [-0.39, 0.29) is 11.9 Å². The fraction of sp³-hybridized carbons (Fsp3) is 0.238. The first-order valence-electron chi connectivity index (χ1n) is 8.81. The minimum absolute atomic E-state index is 0.0339. The summed E-state index contributed by atoms with van der Waals surface area (Å²) in [6.07, 6.45) is 0.976. The lowest BCUT2D eigenvalue weighted by Gasteiger charge is -2.17. The molecule has 1 unspecified atom stereocenters. The van der Waals surface area contributed by atoms with E-state index in [1.165, 1.54) is 5.56 Å². The number of hydrogen-bond donors (Lipinski definition) is 1. The van der Waals surface area contributed by atoms with Crippen LogP contribution in [0.25, 0.3) is 10.9 Å². The summed E-state index contributed by atoms with van der Waals surface area (Å²) in [5.74, 6) is -0.0339. The summed E-state index contributed by atoms with van der Waals surface area (Å²) < 4.78 is 0. The van der Waals surface area contributed by atoms with E-state index in [4.69, 9.17) is 11.6 Å². The van der Waals surface area contributed by atoms with Gasteiger partial charge in [-0.1, -0.05) is 41.9 Å². The minimum Gasteiger partial charge on any atom is -0.348 e. The number of benzene rings is 2. The Bertz CT molecular complexity index is 929. The molecule has 1 N–H and O–H groups in total. The molecule has 1 aliphatic heterocycles. The second-order valence-corrected chi connectivity index (χ2v) is 7.11. The highest BCUT2D eigenvalue weighted by molar-refractivity contribution is 6.29. The Morgan fingerprint density at radius 3 is 2.85 bits per heavy atom. The Balaban J connectivity index is 1.38. The van der Waals surface area contributed by atoms with Gasteiger partial charge in [0.15, 0.2) is 0 Å². The van der Waals surface area contributed by atoms with Gasteiger partial charge in [0, 0.05) is 36.6 Å². The topological polar surface area (TPSA) is 45.2 Å². The summed E-state index contributed by atoms with van der Waals surface area (Å²) in [6.45, 7) is 2.81. The molecule has 4 rings (SSSR count). The predicted octanol–water partition coefficient (Wildman–Crippen LogP) is 3.89. The summed E-state index contributed by atoms with van der Waals surface area (Å²) in [5, 5.41) is 4.53. The zero-order valence-electron chi connectivity index (χ0n) is 14.4. The summed E-state index contributed by atoms with van der Waals surface area (Å²) in [5.41, 5.74) is 2.76. The number of rotatable bonds is 4. The molecule has 132 valence electrons. The molecule has 1 aromatic heterocycles. The van der Waals surface area contributed by atoms with E-state index in [0.29, 0.717) is 10.7 Å². The Morgan fingerprint density at radius 1 is 1.15 bits per heavy atom. The highest BCUT2D eigenvalue weighted by Gasteiger charge is 2.24. The number of nitrogens with one attached hydrogen (secondary N) is 1. The van der Waals surface area contributed by atoms with Crippen molar-refractivity contribution in [1.29, 1.82) is 0 Å². The third-order valence-corrected chi connectivity index (χ3v) is 4.98. The van der Waals surface area contributed by atoms with Gasteiger partial charge in [-0.25, -0.2) is 4.98 Å². The average Bonchev–Trinajstić information content (AvgIpc) is 3.08. The van der Waals surface area contributed by atoms with Crippen molar-refractivity contribution < 1.29 is 4.79 Å². The van der Waals surface area contributed by atoms with E-state index < -0.39 is 0 Å². The molecule has 1 saturated heterocycles. The fourth-order valence-electron chi connectivity index (χ4n) is 3.45. The maximum atomic E-state index is 12.6. The molecule has 2 heterocycles. The standard InChI is InChI=1S/C21H20ClN3O/c22-20-9-7-16-12-17(6-8-19(16)24-20)21(26)23-18-10-11-25(14-18)13-15-4-2-1-3-5-15/h1-9,12,18H,10-11,13-14H2,(H,23,26). The van der Waals surface area contributed by atoms with Crippen LogP contribution in [0.15, 0.2) is 60.7 Å². The molecular weight excluding hydrogens is 346 g/mol. The summed E-state index contributed by atoms with van der Waals surface area (Å²) in [7, 11) is 0. The van der Waals surface area contributed by atoms with Gasteiger partial charge in [-0.05, 0) is 42.3 Å². The predicted molar refractivity (Wildman–Crippen MR) is 104 cm³/mol. The molecule has 0 bridgehead atoms. The molecule has 3 aromatic rings. The Hall–Kier alpha value is -2.43. The van der Waals surface area contributed by atoms with E-state index in [1.54, 1.807) is 12.1 Å². The molecule has 0 radical (unpaired) electrons. The molecule has 1 atom stereocenters. The highest BCUT2D eigenvalue weighted by Crippen LogP contribution is 2.18. The summed E-state index contributed by atoms with van der Waals surface area (Å²) in [4.78, 5) is 19.2. The van der Waals surface area contributed by atoms with Crippen LogP contribution in [0, 0.1) is 0 Å². The SMILES string of the molecule is O=C(NC1CCN(Cc2ccccc2)C1)c1ccc2nc(Cl)ccc2c1. The Kier molecular flexibility index (Phi) is 4.87. The van der Waals surface area contributed by atoms with Crippen LogP contribution < -0.4 is 5.32 Å². The number of likely N-dealkylation sites (tertiary alicyclic amines) is 1. The molecule has 0 saturated carbocycles. The number of fused-ring (bicyclic) bond motifs is 1. The first kappa shape index (κ1) is 17.0. The van der Waals surface area contributed by atoms with Crippen molar-refractivity contribution in [1.82, 2.24) is 15.2 Å². The number of nitrogens with zero attached hydrogens (tertiary/aromatic N) is 2. The maximum absolute atomic E-state index is 12.6. The number of halogens is 1. The van der Waals surface area contributed by atoms with E-state index in [1.807, 2.05) is 24.3 Å². The molecule has 4 nitrogen and oxygen atoms in total. The molecule has 2 aromatic carbocycles. The van der Waals surface area contributed by atoms with Gasteiger partial charge in [-0.3, -0.25) is 9.69 Å². The zero-order chi connectivity index (χ0) is 17.9. The molecule has 1 fully saturated rings. The summed E-state index contributed by atoms with van der Waals surface area (Å²) in [6, 6.07) is 19.8. The number of pyridine rings is 1. The van der Waals surface area contributed by atoms with Gasteiger partial charge in [0.25, 0.3) is 5.91 Å². The van der Waals surface area contributed by atoms with E-state index in [0.717, 1.165) is 37.0 Å². The van der Waals surface area contributed by atoms with E-state index >= 15 is 0 Å². The van der Waals surface area contributed by atoms with Gasteiger partial charge in [0.2, 0.25) is 0 Å². The normalized spacial score (nSPS) is 17.5. The van der Waals surface area contributed by atoms with Crippen molar-refractivity contribution in [2.75, 3.05) is 13.1 Å². The first-order valence-corrected chi connectivity index (χ1v) is 9.19. The number of aromatic nitrogens is 1. The van der Waals surface area contributed by atoms with Gasteiger partial charge in [0.05, 0.1) is 5.52 Å². The largest absolute Gasteiger partial charge is 0.348 e. The Morgan fingerprint density at radius 2 is 2.00 bits per heavy atom. The van der Waals surface area contributed by atoms with Gasteiger partial charge in [0.1, 0.15) is 5.15 Å². The van der Waals surface area contributed by atoms with E-state index in [9.17, 15) is 4.79 Å². The molecular formula is C21H20ClN3O.